The maximum absolute atomic E-state index is 12.8. The molecule has 1 aliphatic rings. The van der Waals surface area contributed by atoms with E-state index < -0.39 is 0 Å². The number of carbonyl (C=O) groups is 1. The third-order valence-corrected chi connectivity index (χ3v) is 7.32. The molecule has 9 heteroatoms. The Morgan fingerprint density at radius 1 is 1.19 bits per heavy atom. The van der Waals surface area contributed by atoms with Crippen LogP contribution < -0.4 is 10.2 Å². The lowest BCUT2D eigenvalue weighted by Gasteiger charge is -2.28. The molecule has 1 atom stereocenters. The number of thiophene rings is 1. The summed E-state index contributed by atoms with van der Waals surface area (Å²) in [6.45, 7) is 9.21. The summed E-state index contributed by atoms with van der Waals surface area (Å²) in [6.07, 6.45) is 0. The molecule has 2 aromatic heterocycles. The number of carbonyl (C=O) groups excluding carboxylic acids is 1. The van der Waals surface area contributed by atoms with Crippen LogP contribution in [0.1, 0.15) is 30.3 Å². The minimum absolute atomic E-state index is 0.00523. The Bertz CT molecular complexity index is 1030. The Kier molecular flexibility index (Phi) is 7.49. The topological polar surface area (TPSA) is 72.3 Å². The molecule has 0 bridgehead atoms. The van der Waals surface area contributed by atoms with Gasteiger partial charge >= 0.3 is 0 Å². The third kappa shape index (κ3) is 5.16. The summed E-state index contributed by atoms with van der Waals surface area (Å²) in [7, 11) is 0. The summed E-state index contributed by atoms with van der Waals surface area (Å²) in [6, 6.07) is 12.3. The summed E-state index contributed by atoms with van der Waals surface area (Å²) < 4.78 is 7.57. The molecule has 0 radical (unpaired) electrons. The van der Waals surface area contributed by atoms with E-state index in [0.29, 0.717) is 24.3 Å². The summed E-state index contributed by atoms with van der Waals surface area (Å²) in [5.74, 6) is 1.38. The second-order valence-corrected chi connectivity index (χ2v) is 10.0. The van der Waals surface area contributed by atoms with Gasteiger partial charge in [-0.2, -0.15) is 0 Å². The zero-order valence-corrected chi connectivity index (χ0v) is 20.3. The fraction of sp³-hybridized carbons (Fsp3) is 0.435. The van der Waals surface area contributed by atoms with Crippen LogP contribution in [0.25, 0.3) is 5.69 Å². The Morgan fingerprint density at radius 3 is 2.66 bits per heavy atom. The quantitative estimate of drug-likeness (QED) is 0.499. The maximum Gasteiger partial charge on any atom is 0.232 e. The molecule has 1 N–H and O–H groups in total. The molecule has 1 saturated heterocycles. The van der Waals surface area contributed by atoms with Gasteiger partial charge in [-0.05, 0) is 35.9 Å². The van der Waals surface area contributed by atoms with E-state index in [0.717, 1.165) is 30.3 Å². The van der Waals surface area contributed by atoms with E-state index in [2.05, 4.69) is 64.0 Å². The molecule has 1 aliphatic heterocycles. The first-order chi connectivity index (χ1) is 15.5. The average molecular weight is 472 g/mol. The molecule has 1 amide bonds. The van der Waals surface area contributed by atoms with Crippen molar-refractivity contribution < 1.29 is 9.53 Å². The van der Waals surface area contributed by atoms with E-state index in [1.54, 1.807) is 11.3 Å². The number of aryl methyl sites for hydroxylation is 1. The SMILES string of the molecule is Cc1ccccc1-n1c(SCC(=O)NC(c2cccs2)C(C)C)nnc1N1CCOCC1. The first-order valence-corrected chi connectivity index (χ1v) is 12.7. The molecule has 0 spiro atoms. The van der Waals surface area contributed by atoms with Crippen molar-refractivity contribution in [3.05, 3.63) is 52.2 Å². The first-order valence-electron chi connectivity index (χ1n) is 10.8. The van der Waals surface area contributed by atoms with Crippen LogP contribution in [0, 0.1) is 12.8 Å². The van der Waals surface area contributed by atoms with Crippen molar-refractivity contribution in [1.82, 2.24) is 20.1 Å². The molecule has 0 saturated carbocycles. The number of nitrogens with zero attached hydrogens (tertiary/aromatic N) is 4. The fourth-order valence-corrected chi connectivity index (χ4v) is 5.43. The number of rotatable bonds is 8. The number of benzene rings is 1. The van der Waals surface area contributed by atoms with Gasteiger partial charge in [-0.15, -0.1) is 21.5 Å². The van der Waals surface area contributed by atoms with Crippen molar-refractivity contribution in [2.24, 2.45) is 5.92 Å². The van der Waals surface area contributed by atoms with Gasteiger partial charge in [0.15, 0.2) is 5.16 Å². The lowest BCUT2D eigenvalue weighted by atomic mass is 10.0. The van der Waals surface area contributed by atoms with Crippen LogP contribution in [0.15, 0.2) is 46.9 Å². The van der Waals surface area contributed by atoms with Crippen LogP contribution in [-0.2, 0) is 9.53 Å². The molecule has 1 unspecified atom stereocenters. The highest BCUT2D eigenvalue weighted by atomic mass is 32.2. The smallest absolute Gasteiger partial charge is 0.232 e. The number of hydrogen-bond acceptors (Lipinski definition) is 7. The van der Waals surface area contributed by atoms with E-state index in [4.69, 9.17) is 4.74 Å². The summed E-state index contributed by atoms with van der Waals surface area (Å²) >= 11 is 3.09. The Hall–Kier alpha value is -2.36. The second-order valence-electron chi connectivity index (χ2n) is 8.10. The van der Waals surface area contributed by atoms with Gasteiger partial charge < -0.3 is 15.0 Å². The van der Waals surface area contributed by atoms with Crippen molar-refractivity contribution in [3.8, 4) is 5.69 Å². The van der Waals surface area contributed by atoms with Crippen LogP contribution in [0.2, 0.25) is 0 Å². The van der Waals surface area contributed by atoms with Crippen molar-refractivity contribution in [2.45, 2.75) is 32.0 Å². The van der Waals surface area contributed by atoms with E-state index >= 15 is 0 Å². The highest BCUT2D eigenvalue weighted by molar-refractivity contribution is 7.99. The Balaban J connectivity index is 1.54. The summed E-state index contributed by atoms with van der Waals surface area (Å²) in [5, 5.41) is 14.9. The molecule has 32 heavy (non-hydrogen) atoms. The number of amides is 1. The molecule has 0 aliphatic carbocycles. The number of hydrogen-bond donors (Lipinski definition) is 1. The molecule has 1 fully saturated rings. The molecule has 1 aromatic carbocycles. The highest BCUT2D eigenvalue weighted by Crippen LogP contribution is 2.30. The van der Waals surface area contributed by atoms with Crippen molar-refractivity contribution in [3.63, 3.8) is 0 Å². The number of morpholine rings is 1. The second kappa shape index (κ2) is 10.5. The van der Waals surface area contributed by atoms with Crippen molar-refractivity contribution >= 4 is 35.0 Å². The number of aromatic nitrogens is 3. The molecular weight excluding hydrogens is 442 g/mol. The molecular formula is C23H29N5O2S2. The normalized spacial score (nSPS) is 15.2. The van der Waals surface area contributed by atoms with E-state index in [9.17, 15) is 4.79 Å². The molecule has 7 nitrogen and oxygen atoms in total. The monoisotopic (exact) mass is 471 g/mol. The van der Waals surface area contributed by atoms with Crippen LogP contribution in [0.5, 0.6) is 0 Å². The number of nitrogens with one attached hydrogen (secondary N) is 1. The van der Waals surface area contributed by atoms with Gasteiger partial charge in [0.05, 0.1) is 30.7 Å². The predicted octanol–water partition coefficient (Wildman–Crippen LogP) is 4.08. The molecule has 170 valence electrons. The van der Waals surface area contributed by atoms with Gasteiger partial charge in [-0.25, -0.2) is 0 Å². The Morgan fingerprint density at radius 2 is 1.97 bits per heavy atom. The van der Waals surface area contributed by atoms with E-state index in [1.165, 1.54) is 16.6 Å². The van der Waals surface area contributed by atoms with Crippen LogP contribution in [0.4, 0.5) is 5.95 Å². The fourth-order valence-electron chi connectivity index (χ4n) is 3.73. The van der Waals surface area contributed by atoms with Gasteiger partial charge in [-0.3, -0.25) is 9.36 Å². The molecule has 3 aromatic rings. The van der Waals surface area contributed by atoms with Crippen LogP contribution in [0.3, 0.4) is 0 Å². The zero-order valence-electron chi connectivity index (χ0n) is 18.7. The van der Waals surface area contributed by atoms with Crippen molar-refractivity contribution in [2.75, 3.05) is 37.0 Å². The Labute approximate surface area is 197 Å². The number of ether oxygens (including phenoxy) is 1. The van der Waals surface area contributed by atoms with Gasteiger partial charge in [0, 0.05) is 18.0 Å². The molecule has 4 rings (SSSR count). The highest BCUT2D eigenvalue weighted by Gasteiger charge is 2.24. The van der Waals surface area contributed by atoms with Crippen LogP contribution in [-0.4, -0.2) is 52.7 Å². The lowest BCUT2D eigenvalue weighted by Crippen LogP contribution is -2.38. The predicted molar refractivity (Wildman–Crippen MR) is 130 cm³/mol. The summed E-state index contributed by atoms with van der Waals surface area (Å²) in [4.78, 5) is 16.2. The lowest BCUT2D eigenvalue weighted by molar-refractivity contribution is -0.119. The minimum Gasteiger partial charge on any atom is -0.378 e. The van der Waals surface area contributed by atoms with Gasteiger partial charge in [0.1, 0.15) is 0 Å². The van der Waals surface area contributed by atoms with Gasteiger partial charge in [0.25, 0.3) is 0 Å². The van der Waals surface area contributed by atoms with E-state index in [1.807, 2.05) is 23.6 Å². The minimum atomic E-state index is -0.00523. The van der Waals surface area contributed by atoms with Crippen LogP contribution >= 0.6 is 23.1 Å². The largest absolute Gasteiger partial charge is 0.378 e. The third-order valence-electron chi connectivity index (χ3n) is 5.43. The number of thioether (sulfide) groups is 1. The standard InChI is InChI=1S/C23H29N5O2S2/c1-16(2)21(19-9-6-14-31-19)24-20(29)15-32-23-26-25-22(27-10-12-30-13-11-27)28(23)18-8-5-4-7-17(18)3/h4-9,14,16,21H,10-13,15H2,1-3H3,(H,24,29). The number of anilines is 1. The molecule has 3 heterocycles. The first kappa shape index (κ1) is 22.8. The number of para-hydroxylation sites is 1. The van der Waals surface area contributed by atoms with Crippen molar-refractivity contribution in [1.29, 1.82) is 0 Å². The zero-order chi connectivity index (χ0) is 22.5. The maximum atomic E-state index is 12.8. The van der Waals surface area contributed by atoms with Gasteiger partial charge in [0.2, 0.25) is 11.9 Å². The van der Waals surface area contributed by atoms with E-state index in [-0.39, 0.29) is 17.7 Å². The average Bonchev–Trinajstić information content (AvgIpc) is 3.47. The summed E-state index contributed by atoms with van der Waals surface area (Å²) in [5.41, 5.74) is 2.16. The van der Waals surface area contributed by atoms with Gasteiger partial charge in [-0.1, -0.05) is 49.9 Å².